The van der Waals surface area contributed by atoms with Crippen molar-refractivity contribution in [3.63, 3.8) is 0 Å². The fourth-order valence-electron chi connectivity index (χ4n) is 3.35. The van der Waals surface area contributed by atoms with Crippen LogP contribution in [0.2, 0.25) is 0 Å². The second kappa shape index (κ2) is 8.34. The van der Waals surface area contributed by atoms with Crippen LogP contribution in [0.5, 0.6) is 0 Å². The fourth-order valence-corrected chi connectivity index (χ4v) is 3.91. The van der Waals surface area contributed by atoms with Crippen molar-refractivity contribution in [3.05, 3.63) is 81.0 Å². The highest BCUT2D eigenvalue weighted by Crippen LogP contribution is 2.26. The highest BCUT2D eigenvalue weighted by molar-refractivity contribution is 9.10. The summed E-state index contributed by atoms with van der Waals surface area (Å²) in [5, 5.41) is 11.0. The van der Waals surface area contributed by atoms with Gasteiger partial charge >= 0.3 is 0 Å². The normalized spacial score (nSPS) is 14.1. The molecule has 29 heavy (non-hydrogen) atoms. The number of benzene rings is 2. The third kappa shape index (κ3) is 4.33. The maximum Gasteiger partial charge on any atom is 0.271 e. The standard InChI is InChI=1S/C21H18BrN3O3S/c22-16-6-4-15(5-7-16)19-8-9-20(28-19)21(29)24-12-10-23(11-13-24)17-2-1-3-18(14-17)25(26)27/h1-9,14H,10-13H2. The summed E-state index contributed by atoms with van der Waals surface area (Å²) in [6.07, 6.45) is 0. The first-order valence-corrected chi connectivity index (χ1v) is 10.4. The van der Waals surface area contributed by atoms with Crippen LogP contribution in [0.15, 0.2) is 69.6 Å². The first-order chi connectivity index (χ1) is 14.0. The number of nitro groups is 1. The third-order valence-electron chi connectivity index (χ3n) is 4.92. The lowest BCUT2D eigenvalue weighted by atomic mass is 10.2. The van der Waals surface area contributed by atoms with Crippen LogP contribution in [-0.4, -0.2) is 41.0 Å². The molecule has 0 aliphatic carbocycles. The number of nitrogens with zero attached hydrogens (tertiary/aromatic N) is 3. The maximum atomic E-state index is 11.0. The second-order valence-electron chi connectivity index (χ2n) is 6.73. The first-order valence-electron chi connectivity index (χ1n) is 9.16. The van der Waals surface area contributed by atoms with Crippen LogP contribution in [0.4, 0.5) is 11.4 Å². The van der Waals surface area contributed by atoms with Gasteiger partial charge in [0.2, 0.25) is 0 Å². The molecule has 1 aliphatic rings. The Morgan fingerprint density at radius 3 is 2.45 bits per heavy atom. The lowest BCUT2D eigenvalue weighted by Gasteiger charge is -2.36. The number of hydrogen-bond acceptors (Lipinski definition) is 5. The Bertz CT molecular complexity index is 1040. The van der Waals surface area contributed by atoms with Gasteiger partial charge in [0.1, 0.15) is 10.7 Å². The van der Waals surface area contributed by atoms with Crippen molar-refractivity contribution in [3.8, 4) is 11.3 Å². The van der Waals surface area contributed by atoms with Crippen LogP contribution >= 0.6 is 28.1 Å². The minimum absolute atomic E-state index is 0.108. The highest BCUT2D eigenvalue weighted by Gasteiger charge is 2.22. The number of nitro benzene ring substituents is 1. The summed E-state index contributed by atoms with van der Waals surface area (Å²) >= 11 is 9.09. The van der Waals surface area contributed by atoms with Crippen molar-refractivity contribution in [2.75, 3.05) is 31.1 Å². The quantitative estimate of drug-likeness (QED) is 0.299. The van der Waals surface area contributed by atoms with Crippen LogP contribution in [0.3, 0.4) is 0 Å². The van der Waals surface area contributed by atoms with Crippen molar-refractivity contribution in [1.29, 1.82) is 0 Å². The average molecular weight is 472 g/mol. The summed E-state index contributed by atoms with van der Waals surface area (Å²) in [6, 6.07) is 18.5. The lowest BCUT2D eigenvalue weighted by Crippen LogP contribution is -2.48. The number of rotatable bonds is 4. The van der Waals surface area contributed by atoms with Crippen molar-refractivity contribution < 1.29 is 9.34 Å². The molecule has 0 unspecified atom stereocenters. The average Bonchev–Trinajstić information content (AvgIpc) is 3.24. The number of halogens is 1. The molecule has 1 fully saturated rings. The zero-order chi connectivity index (χ0) is 20.4. The van der Waals surface area contributed by atoms with Gasteiger partial charge in [-0.25, -0.2) is 0 Å². The van der Waals surface area contributed by atoms with E-state index < -0.39 is 0 Å². The molecule has 0 radical (unpaired) electrons. The van der Waals surface area contributed by atoms with Crippen molar-refractivity contribution >= 4 is 44.5 Å². The van der Waals surface area contributed by atoms with Gasteiger partial charge in [0, 0.05) is 54.0 Å². The number of thiocarbonyl (C=S) groups is 1. The molecule has 2 aromatic carbocycles. The number of furan rings is 1. The number of hydrogen-bond donors (Lipinski definition) is 0. The van der Waals surface area contributed by atoms with Gasteiger partial charge < -0.3 is 14.2 Å². The zero-order valence-corrected chi connectivity index (χ0v) is 17.9. The predicted octanol–water partition coefficient (Wildman–Crippen LogP) is 5.12. The van der Waals surface area contributed by atoms with E-state index in [0.717, 1.165) is 47.7 Å². The highest BCUT2D eigenvalue weighted by atomic mass is 79.9. The zero-order valence-electron chi connectivity index (χ0n) is 15.5. The van der Waals surface area contributed by atoms with E-state index >= 15 is 0 Å². The van der Waals surface area contributed by atoms with Gasteiger partial charge in [-0.3, -0.25) is 10.1 Å². The minimum Gasteiger partial charge on any atom is -0.454 e. The number of non-ortho nitro benzene ring substituents is 1. The third-order valence-corrected chi connectivity index (χ3v) is 5.91. The maximum absolute atomic E-state index is 11.0. The number of anilines is 1. The summed E-state index contributed by atoms with van der Waals surface area (Å²) < 4.78 is 7.01. The van der Waals surface area contributed by atoms with Gasteiger partial charge in [0.15, 0.2) is 5.76 Å². The van der Waals surface area contributed by atoms with Gasteiger partial charge in [0.05, 0.1) is 4.92 Å². The van der Waals surface area contributed by atoms with Crippen LogP contribution in [-0.2, 0) is 0 Å². The van der Waals surface area contributed by atoms with Crippen molar-refractivity contribution in [2.24, 2.45) is 0 Å². The van der Waals surface area contributed by atoms with Gasteiger partial charge in [-0.1, -0.05) is 46.3 Å². The van der Waals surface area contributed by atoms with Gasteiger partial charge in [-0.2, -0.15) is 0 Å². The molecule has 1 aromatic heterocycles. The molecule has 0 spiro atoms. The fraction of sp³-hybridized carbons (Fsp3) is 0.190. The molecule has 0 amide bonds. The Morgan fingerprint density at radius 1 is 1.03 bits per heavy atom. The molecule has 0 saturated carbocycles. The summed E-state index contributed by atoms with van der Waals surface area (Å²) in [7, 11) is 0. The Hall–Kier alpha value is -2.71. The van der Waals surface area contributed by atoms with E-state index in [1.807, 2.05) is 42.5 Å². The van der Waals surface area contributed by atoms with Crippen LogP contribution < -0.4 is 4.90 Å². The smallest absolute Gasteiger partial charge is 0.271 e. The summed E-state index contributed by atoms with van der Waals surface area (Å²) in [5.41, 5.74) is 1.97. The Morgan fingerprint density at radius 2 is 1.76 bits per heavy atom. The molecule has 0 N–H and O–H groups in total. The van der Waals surface area contributed by atoms with Crippen molar-refractivity contribution in [2.45, 2.75) is 0 Å². The van der Waals surface area contributed by atoms with Gasteiger partial charge in [0.25, 0.3) is 5.69 Å². The molecule has 0 bridgehead atoms. The Labute approximate surface area is 182 Å². The molecule has 0 atom stereocenters. The van der Waals surface area contributed by atoms with E-state index in [2.05, 4.69) is 25.7 Å². The molecule has 8 heteroatoms. The minimum atomic E-state index is -0.366. The van der Waals surface area contributed by atoms with E-state index in [0.29, 0.717) is 10.7 Å². The molecule has 2 heterocycles. The SMILES string of the molecule is O=[N+]([O-])c1cccc(N2CCN(C(=S)c3ccc(-c4ccc(Br)cc4)o3)CC2)c1. The van der Waals surface area contributed by atoms with Crippen LogP contribution in [0.25, 0.3) is 11.3 Å². The molecule has 1 aliphatic heterocycles. The largest absolute Gasteiger partial charge is 0.454 e. The predicted molar refractivity (Wildman–Crippen MR) is 120 cm³/mol. The first kappa shape index (κ1) is 19.6. The number of piperazine rings is 1. The van der Waals surface area contributed by atoms with Crippen molar-refractivity contribution in [1.82, 2.24) is 4.90 Å². The van der Waals surface area contributed by atoms with E-state index in [1.165, 1.54) is 6.07 Å². The van der Waals surface area contributed by atoms with E-state index in [9.17, 15) is 10.1 Å². The van der Waals surface area contributed by atoms with Gasteiger partial charge in [-0.15, -0.1) is 0 Å². The summed E-state index contributed by atoms with van der Waals surface area (Å²) in [6.45, 7) is 2.94. The molecule has 4 rings (SSSR count). The Kier molecular flexibility index (Phi) is 5.64. The molecule has 3 aromatic rings. The topological polar surface area (TPSA) is 62.8 Å². The van der Waals surface area contributed by atoms with E-state index in [1.54, 1.807) is 12.1 Å². The van der Waals surface area contributed by atoms with Crippen LogP contribution in [0.1, 0.15) is 5.76 Å². The second-order valence-corrected chi connectivity index (χ2v) is 8.03. The summed E-state index contributed by atoms with van der Waals surface area (Å²) in [4.78, 5) is 15.6. The van der Waals surface area contributed by atoms with E-state index in [-0.39, 0.29) is 10.6 Å². The Balaban J connectivity index is 1.41. The summed E-state index contributed by atoms with van der Waals surface area (Å²) in [5.74, 6) is 1.46. The van der Waals surface area contributed by atoms with E-state index in [4.69, 9.17) is 16.6 Å². The molecular formula is C21H18BrN3O3S. The molecular weight excluding hydrogens is 454 g/mol. The van der Waals surface area contributed by atoms with Gasteiger partial charge in [-0.05, 0) is 30.3 Å². The van der Waals surface area contributed by atoms with Crippen LogP contribution in [0, 0.1) is 10.1 Å². The molecule has 6 nitrogen and oxygen atoms in total. The molecule has 148 valence electrons. The molecule has 1 saturated heterocycles. The lowest BCUT2D eigenvalue weighted by molar-refractivity contribution is -0.384. The monoisotopic (exact) mass is 471 g/mol.